The fraction of sp³-hybridized carbons (Fsp3) is 0.323. The quantitative estimate of drug-likeness (QED) is 0.475. The van der Waals surface area contributed by atoms with Gasteiger partial charge in [0.15, 0.2) is 0 Å². The molecule has 2 aliphatic heterocycles. The maximum Gasteiger partial charge on any atom is 0.335 e. The number of urea groups is 1. The molecular weight excluding hydrogens is 506 g/mol. The number of benzene rings is 3. The first-order valence-electron chi connectivity index (χ1n) is 13.6. The molecule has 1 N–H and O–H groups in total. The molecule has 2 atom stereocenters. The van der Waals surface area contributed by atoms with Gasteiger partial charge in [-0.1, -0.05) is 60.7 Å². The van der Waals surface area contributed by atoms with E-state index < -0.39 is 12.1 Å². The average molecular weight is 540 g/mol. The first-order chi connectivity index (χ1) is 19.6. The average Bonchev–Trinajstić information content (AvgIpc) is 3.01. The van der Waals surface area contributed by atoms with E-state index in [-0.39, 0.29) is 11.9 Å². The maximum atomic E-state index is 13.8. The number of nitrogens with one attached hydrogen (secondary N) is 1. The van der Waals surface area contributed by atoms with E-state index in [1.807, 2.05) is 65.7 Å². The van der Waals surface area contributed by atoms with Crippen molar-refractivity contribution in [2.24, 2.45) is 0 Å². The van der Waals surface area contributed by atoms with Gasteiger partial charge in [0.2, 0.25) is 5.91 Å². The van der Waals surface area contributed by atoms with Crippen LogP contribution in [0.3, 0.4) is 0 Å². The molecule has 0 radical (unpaired) electrons. The van der Waals surface area contributed by atoms with Crippen LogP contribution in [0.4, 0.5) is 4.79 Å². The first kappa shape index (κ1) is 27.2. The van der Waals surface area contributed by atoms with Gasteiger partial charge in [-0.3, -0.25) is 4.79 Å². The molecular formula is C31H33N5O4. The fourth-order valence-corrected chi connectivity index (χ4v) is 5.05. The molecule has 2 saturated heterocycles. The lowest BCUT2D eigenvalue weighted by Crippen LogP contribution is -2.63. The van der Waals surface area contributed by atoms with Crippen LogP contribution in [0.2, 0.25) is 0 Å². The second-order valence-corrected chi connectivity index (χ2v) is 9.82. The van der Waals surface area contributed by atoms with Gasteiger partial charge >= 0.3 is 6.03 Å². The molecule has 9 heteroatoms. The van der Waals surface area contributed by atoms with Gasteiger partial charge in [0.1, 0.15) is 23.6 Å². The Balaban J connectivity index is 1.35. The van der Waals surface area contributed by atoms with E-state index in [1.165, 1.54) is 0 Å². The Hall–Kier alpha value is -4.39. The number of hydrazine groups is 1. The Morgan fingerprint density at radius 3 is 2.38 bits per heavy atom. The third kappa shape index (κ3) is 6.60. The lowest BCUT2D eigenvalue weighted by atomic mass is 10.0. The number of amides is 3. The SMILES string of the molecule is N#CC(NC(=O)[C@@H]1CCCN(Cc2ccccc2)N1C(=O)N1CCOCC1)c1cccc(Oc2ccccc2)c1. The smallest absolute Gasteiger partial charge is 0.335 e. The number of para-hydroxylation sites is 1. The van der Waals surface area contributed by atoms with Crippen molar-refractivity contribution in [1.82, 2.24) is 20.2 Å². The normalized spacial score (nSPS) is 18.4. The Morgan fingerprint density at radius 1 is 0.950 bits per heavy atom. The summed E-state index contributed by atoms with van der Waals surface area (Å²) in [6.45, 7) is 3.02. The second kappa shape index (κ2) is 13.1. The van der Waals surface area contributed by atoms with E-state index in [0.29, 0.717) is 62.9 Å². The van der Waals surface area contributed by atoms with Gasteiger partial charge in [-0.05, 0) is 48.2 Å². The molecule has 5 rings (SSSR count). The van der Waals surface area contributed by atoms with Crippen LogP contribution in [0, 0.1) is 11.3 Å². The molecule has 2 fully saturated rings. The number of hydrogen-bond acceptors (Lipinski definition) is 6. The Bertz CT molecular complexity index is 1320. The van der Waals surface area contributed by atoms with Gasteiger partial charge in [0.25, 0.3) is 0 Å². The minimum absolute atomic E-state index is 0.217. The van der Waals surface area contributed by atoms with E-state index in [2.05, 4.69) is 11.4 Å². The van der Waals surface area contributed by atoms with Crippen LogP contribution in [0.5, 0.6) is 11.5 Å². The van der Waals surface area contributed by atoms with Crippen LogP contribution in [-0.4, -0.2) is 65.7 Å². The molecule has 0 bridgehead atoms. The molecule has 0 aliphatic carbocycles. The number of carbonyl (C=O) groups is 2. The van der Waals surface area contributed by atoms with Crippen LogP contribution in [0.1, 0.15) is 30.0 Å². The number of carbonyl (C=O) groups excluding carboxylic acids is 2. The van der Waals surface area contributed by atoms with E-state index in [0.717, 1.165) is 12.0 Å². The zero-order valence-corrected chi connectivity index (χ0v) is 22.3. The molecule has 3 aromatic carbocycles. The first-order valence-corrected chi connectivity index (χ1v) is 13.6. The van der Waals surface area contributed by atoms with E-state index in [9.17, 15) is 14.9 Å². The highest BCUT2D eigenvalue weighted by atomic mass is 16.5. The monoisotopic (exact) mass is 539 g/mol. The molecule has 2 heterocycles. The van der Waals surface area contributed by atoms with Crippen LogP contribution >= 0.6 is 0 Å². The molecule has 1 unspecified atom stereocenters. The topological polar surface area (TPSA) is 98.1 Å². The molecule has 3 aromatic rings. The molecule has 0 aromatic heterocycles. The number of nitrogens with zero attached hydrogens (tertiary/aromatic N) is 4. The van der Waals surface area contributed by atoms with E-state index >= 15 is 0 Å². The van der Waals surface area contributed by atoms with Gasteiger partial charge in [-0.2, -0.15) is 5.26 Å². The van der Waals surface area contributed by atoms with Crippen LogP contribution in [-0.2, 0) is 16.1 Å². The van der Waals surface area contributed by atoms with Crippen LogP contribution in [0.15, 0.2) is 84.9 Å². The molecule has 0 spiro atoms. The Morgan fingerprint density at radius 2 is 1.65 bits per heavy atom. The number of morpholine rings is 1. The summed E-state index contributed by atoms with van der Waals surface area (Å²) in [4.78, 5) is 29.3. The van der Waals surface area contributed by atoms with Crippen molar-refractivity contribution >= 4 is 11.9 Å². The van der Waals surface area contributed by atoms with Crippen molar-refractivity contribution in [3.8, 4) is 17.6 Å². The van der Waals surface area contributed by atoms with Gasteiger partial charge in [0.05, 0.1) is 19.3 Å². The Labute approximate surface area is 234 Å². The summed E-state index contributed by atoms with van der Waals surface area (Å²) in [5, 5.41) is 16.5. The predicted molar refractivity (Wildman–Crippen MR) is 149 cm³/mol. The summed E-state index contributed by atoms with van der Waals surface area (Å²) in [6, 6.07) is 26.7. The second-order valence-electron chi connectivity index (χ2n) is 9.82. The highest BCUT2D eigenvalue weighted by Crippen LogP contribution is 2.27. The van der Waals surface area contributed by atoms with Gasteiger partial charge in [-0.25, -0.2) is 14.8 Å². The highest BCUT2D eigenvalue weighted by Gasteiger charge is 2.40. The van der Waals surface area contributed by atoms with Gasteiger partial charge in [-0.15, -0.1) is 0 Å². The van der Waals surface area contributed by atoms with Crippen molar-refractivity contribution in [3.05, 3.63) is 96.1 Å². The minimum atomic E-state index is -0.906. The minimum Gasteiger partial charge on any atom is -0.457 e. The van der Waals surface area contributed by atoms with Crippen molar-refractivity contribution in [1.29, 1.82) is 5.26 Å². The molecule has 2 aliphatic rings. The lowest BCUT2D eigenvalue weighted by molar-refractivity contribution is -0.139. The number of hydrogen-bond donors (Lipinski definition) is 1. The number of nitriles is 1. The third-order valence-electron chi connectivity index (χ3n) is 7.07. The summed E-state index contributed by atoms with van der Waals surface area (Å²) in [6.07, 6.45) is 1.25. The summed E-state index contributed by atoms with van der Waals surface area (Å²) in [7, 11) is 0. The van der Waals surface area contributed by atoms with E-state index in [1.54, 1.807) is 34.2 Å². The predicted octanol–water partition coefficient (Wildman–Crippen LogP) is 4.49. The lowest BCUT2D eigenvalue weighted by Gasteiger charge is -2.46. The largest absolute Gasteiger partial charge is 0.457 e. The van der Waals surface area contributed by atoms with Crippen LogP contribution in [0.25, 0.3) is 0 Å². The maximum absolute atomic E-state index is 13.8. The molecule has 9 nitrogen and oxygen atoms in total. The molecule has 40 heavy (non-hydrogen) atoms. The number of ether oxygens (including phenoxy) is 2. The molecule has 206 valence electrons. The molecule has 3 amide bonds. The van der Waals surface area contributed by atoms with Gasteiger partial charge in [0, 0.05) is 26.2 Å². The Kier molecular flexibility index (Phi) is 8.91. The summed E-state index contributed by atoms with van der Waals surface area (Å²) >= 11 is 0. The summed E-state index contributed by atoms with van der Waals surface area (Å²) < 4.78 is 11.4. The summed E-state index contributed by atoms with van der Waals surface area (Å²) in [5.41, 5.74) is 1.65. The number of rotatable bonds is 7. The highest BCUT2D eigenvalue weighted by molar-refractivity contribution is 5.87. The van der Waals surface area contributed by atoms with Crippen molar-refractivity contribution < 1.29 is 19.1 Å². The van der Waals surface area contributed by atoms with Gasteiger partial charge < -0.3 is 19.7 Å². The molecule has 0 saturated carbocycles. The summed E-state index contributed by atoms with van der Waals surface area (Å²) in [5.74, 6) is 0.879. The van der Waals surface area contributed by atoms with Crippen molar-refractivity contribution in [2.45, 2.75) is 31.5 Å². The van der Waals surface area contributed by atoms with E-state index in [4.69, 9.17) is 9.47 Å². The fourth-order valence-electron chi connectivity index (χ4n) is 5.05. The van der Waals surface area contributed by atoms with Crippen molar-refractivity contribution in [3.63, 3.8) is 0 Å². The standard InChI is InChI=1S/C31H33N5O4/c32-22-28(25-11-7-14-27(21-25)40-26-12-5-2-6-13-26)33-30(37)29-15-8-16-35(23-24-9-3-1-4-10-24)36(29)31(38)34-17-19-39-20-18-34/h1-7,9-14,21,28-29H,8,15-20,23H2,(H,33,37)/t28?,29-/m0/s1. The zero-order chi connectivity index (χ0) is 27.7. The van der Waals surface area contributed by atoms with Crippen LogP contribution < -0.4 is 10.1 Å². The third-order valence-corrected chi connectivity index (χ3v) is 7.07. The zero-order valence-electron chi connectivity index (χ0n) is 22.3. The van der Waals surface area contributed by atoms with Crippen molar-refractivity contribution in [2.75, 3.05) is 32.8 Å².